The molecule has 128 valence electrons. The minimum absolute atomic E-state index is 0.760. The minimum atomic E-state index is 0.760. The molecule has 2 atom stereocenters. The molecular weight excluding hydrogens is 288 g/mol. The number of likely N-dealkylation sites (tertiary alicyclic amines) is 1. The number of imidazole rings is 1. The van der Waals surface area contributed by atoms with Crippen molar-refractivity contribution in [2.24, 2.45) is 23.9 Å². The maximum absolute atomic E-state index is 4.51. The predicted octanol–water partition coefficient (Wildman–Crippen LogP) is 1.68. The number of anilines is 1. The maximum Gasteiger partial charge on any atom is 0.204 e. The number of nitrogens with zero attached hydrogens (tertiary/aromatic N) is 5. The van der Waals surface area contributed by atoms with Crippen molar-refractivity contribution in [3.05, 3.63) is 11.9 Å². The van der Waals surface area contributed by atoms with Crippen LogP contribution in [0.1, 0.15) is 31.4 Å². The van der Waals surface area contributed by atoms with Crippen LogP contribution in [0.5, 0.6) is 0 Å². The van der Waals surface area contributed by atoms with Gasteiger partial charge < -0.3 is 19.7 Å². The van der Waals surface area contributed by atoms with E-state index in [1.807, 2.05) is 32.2 Å². The highest BCUT2D eigenvalue weighted by Gasteiger charge is 2.35. The van der Waals surface area contributed by atoms with Crippen molar-refractivity contribution in [3.63, 3.8) is 0 Å². The topological polar surface area (TPSA) is 48.7 Å². The van der Waals surface area contributed by atoms with Crippen LogP contribution in [0.2, 0.25) is 0 Å². The highest BCUT2D eigenvalue weighted by Crippen LogP contribution is 2.35. The number of aliphatic imine (C=N–C) groups is 1. The third kappa shape index (κ3) is 3.31. The average Bonchev–Trinajstić information content (AvgIpc) is 3.12. The van der Waals surface area contributed by atoms with Crippen molar-refractivity contribution in [2.45, 2.75) is 32.2 Å². The lowest BCUT2D eigenvalue weighted by Crippen LogP contribution is -2.40. The van der Waals surface area contributed by atoms with E-state index in [0.29, 0.717) is 0 Å². The normalized spacial score (nSPS) is 24.7. The van der Waals surface area contributed by atoms with Crippen molar-refractivity contribution in [1.82, 2.24) is 19.8 Å². The highest BCUT2D eigenvalue weighted by molar-refractivity contribution is 5.80. The summed E-state index contributed by atoms with van der Waals surface area (Å²) >= 11 is 0. The summed E-state index contributed by atoms with van der Waals surface area (Å²) in [4.78, 5) is 13.5. The Balaban J connectivity index is 1.60. The molecule has 3 rings (SSSR count). The Kier molecular flexibility index (Phi) is 4.78. The lowest BCUT2D eigenvalue weighted by Gasteiger charge is -2.22. The molecule has 2 heterocycles. The van der Waals surface area contributed by atoms with Crippen LogP contribution in [0.25, 0.3) is 0 Å². The van der Waals surface area contributed by atoms with Crippen molar-refractivity contribution >= 4 is 11.9 Å². The minimum Gasteiger partial charge on any atom is -0.351 e. The van der Waals surface area contributed by atoms with E-state index in [9.17, 15) is 0 Å². The van der Waals surface area contributed by atoms with Crippen LogP contribution in [0.15, 0.2) is 11.2 Å². The second-order valence-corrected chi connectivity index (χ2v) is 7.11. The zero-order valence-electron chi connectivity index (χ0n) is 14.9. The summed E-state index contributed by atoms with van der Waals surface area (Å²) in [7, 11) is 7.99. The first kappa shape index (κ1) is 16.1. The zero-order chi connectivity index (χ0) is 16.4. The summed E-state index contributed by atoms with van der Waals surface area (Å²) in [6, 6.07) is 0. The molecule has 1 saturated heterocycles. The molecule has 0 bridgehead atoms. The number of aromatic nitrogens is 2. The van der Waals surface area contributed by atoms with Gasteiger partial charge in [-0.3, -0.25) is 4.99 Å². The molecule has 1 aromatic rings. The molecule has 0 amide bonds. The van der Waals surface area contributed by atoms with Crippen LogP contribution < -0.4 is 10.2 Å². The predicted molar refractivity (Wildman–Crippen MR) is 94.8 cm³/mol. The van der Waals surface area contributed by atoms with Gasteiger partial charge >= 0.3 is 0 Å². The standard InChI is InChI=1S/C17H30N6/c1-18-16(23-11-13-7-5-6-8-14(13)12-23)19-9-15-10-20-17(21(2)3)22(15)4/h10,13-14H,5-9,11-12H2,1-4H3,(H,18,19). The SMILES string of the molecule is CN=C(NCc1cnc(N(C)C)n1C)N1CC2CCCCC2C1. The van der Waals surface area contributed by atoms with Gasteiger partial charge in [-0.05, 0) is 24.7 Å². The lowest BCUT2D eigenvalue weighted by atomic mass is 9.82. The molecule has 1 saturated carbocycles. The van der Waals surface area contributed by atoms with Gasteiger partial charge in [0.15, 0.2) is 5.96 Å². The first-order valence-electron chi connectivity index (χ1n) is 8.73. The van der Waals surface area contributed by atoms with Gasteiger partial charge in [0.1, 0.15) is 0 Å². The fraction of sp³-hybridized carbons (Fsp3) is 0.765. The quantitative estimate of drug-likeness (QED) is 0.680. The monoisotopic (exact) mass is 318 g/mol. The number of hydrogen-bond acceptors (Lipinski definition) is 3. The Morgan fingerprint density at radius 1 is 1.30 bits per heavy atom. The van der Waals surface area contributed by atoms with E-state index in [1.54, 1.807) is 0 Å². The van der Waals surface area contributed by atoms with Gasteiger partial charge in [0.25, 0.3) is 0 Å². The van der Waals surface area contributed by atoms with Gasteiger partial charge in [-0.15, -0.1) is 0 Å². The van der Waals surface area contributed by atoms with E-state index in [-0.39, 0.29) is 0 Å². The first-order chi connectivity index (χ1) is 11.1. The molecule has 1 aromatic heterocycles. The van der Waals surface area contributed by atoms with Crippen LogP contribution in [0, 0.1) is 11.8 Å². The molecule has 2 aliphatic rings. The van der Waals surface area contributed by atoms with E-state index < -0.39 is 0 Å². The highest BCUT2D eigenvalue weighted by atomic mass is 15.3. The van der Waals surface area contributed by atoms with Crippen LogP contribution in [0.4, 0.5) is 5.95 Å². The summed E-state index contributed by atoms with van der Waals surface area (Å²) in [6.45, 7) is 3.09. The second kappa shape index (κ2) is 6.81. The molecule has 2 fully saturated rings. The smallest absolute Gasteiger partial charge is 0.204 e. The number of rotatable bonds is 3. The average molecular weight is 318 g/mol. The summed E-state index contributed by atoms with van der Waals surface area (Å²) in [6.07, 6.45) is 7.55. The number of hydrogen-bond donors (Lipinski definition) is 1. The lowest BCUT2D eigenvalue weighted by molar-refractivity contribution is 0.299. The third-order valence-electron chi connectivity index (χ3n) is 5.38. The van der Waals surface area contributed by atoms with Crippen molar-refractivity contribution in [3.8, 4) is 0 Å². The summed E-state index contributed by atoms with van der Waals surface area (Å²) in [5, 5.41) is 3.53. The number of guanidine groups is 1. The van der Waals surface area contributed by atoms with Gasteiger partial charge in [0.2, 0.25) is 5.95 Å². The number of fused-ring (bicyclic) bond motifs is 1. The molecule has 0 radical (unpaired) electrons. The Morgan fingerprint density at radius 2 is 1.96 bits per heavy atom. The Morgan fingerprint density at radius 3 is 2.48 bits per heavy atom. The van der Waals surface area contributed by atoms with Crippen LogP contribution in [-0.2, 0) is 13.6 Å². The fourth-order valence-electron chi connectivity index (χ4n) is 4.09. The zero-order valence-corrected chi connectivity index (χ0v) is 14.9. The first-order valence-corrected chi connectivity index (χ1v) is 8.73. The largest absolute Gasteiger partial charge is 0.351 e. The second-order valence-electron chi connectivity index (χ2n) is 7.11. The molecule has 1 aliphatic carbocycles. The third-order valence-corrected chi connectivity index (χ3v) is 5.38. The molecule has 1 N–H and O–H groups in total. The van der Waals surface area contributed by atoms with Gasteiger partial charge in [-0.2, -0.15) is 0 Å². The van der Waals surface area contributed by atoms with Gasteiger partial charge in [0.05, 0.1) is 18.4 Å². The maximum atomic E-state index is 4.51. The van der Waals surface area contributed by atoms with E-state index in [2.05, 4.69) is 31.8 Å². The Bertz CT molecular complexity index is 547. The van der Waals surface area contributed by atoms with Crippen molar-refractivity contribution in [1.29, 1.82) is 0 Å². The molecule has 0 spiro atoms. The van der Waals surface area contributed by atoms with Gasteiger partial charge in [0, 0.05) is 41.3 Å². The van der Waals surface area contributed by atoms with Crippen LogP contribution in [0.3, 0.4) is 0 Å². The fourth-order valence-corrected chi connectivity index (χ4v) is 4.09. The molecule has 0 aromatic carbocycles. The van der Waals surface area contributed by atoms with Crippen LogP contribution in [-0.4, -0.2) is 54.6 Å². The summed E-state index contributed by atoms with van der Waals surface area (Å²) in [5.74, 6) is 3.76. The van der Waals surface area contributed by atoms with E-state index in [0.717, 1.165) is 30.3 Å². The molecule has 6 heteroatoms. The molecular formula is C17H30N6. The summed E-state index contributed by atoms with van der Waals surface area (Å²) in [5.41, 5.74) is 1.17. The summed E-state index contributed by atoms with van der Waals surface area (Å²) < 4.78 is 2.13. The van der Waals surface area contributed by atoms with E-state index in [1.165, 1.54) is 44.5 Å². The van der Waals surface area contributed by atoms with Crippen LogP contribution >= 0.6 is 0 Å². The molecule has 23 heavy (non-hydrogen) atoms. The molecule has 2 unspecified atom stereocenters. The van der Waals surface area contributed by atoms with Gasteiger partial charge in [-0.1, -0.05) is 12.8 Å². The van der Waals surface area contributed by atoms with Crippen molar-refractivity contribution < 1.29 is 0 Å². The molecule has 6 nitrogen and oxygen atoms in total. The Labute approximate surface area is 139 Å². The Hall–Kier alpha value is -1.72. The van der Waals surface area contributed by atoms with Gasteiger partial charge in [-0.25, -0.2) is 4.98 Å². The van der Waals surface area contributed by atoms with Crippen molar-refractivity contribution in [2.75, 3.05) is 39.1 Å². The number of nitrogens with one attached hydrogen (secondary N) is 1. The molecule has 1 aliphatic heterocycles. The van der Waals surface area contributed by atoms with E-state index in [4.69, 9.17) is 0 Å². The van der Waals surface area contributed by atoms with E-state index >= 15 is 0 Å².